The Bertz CT molecular complexity index is 2180. The van der Waals surface area contributed by atoms with E-state index < -0.39 is 44.8 Å². The molecule has 0 bridgehead atoms. The molecule has 51 heavy (non-hydrogen) atoms. The van der Waals surface area contributed by atoms with E-state index in [1.807, 2.05) is 67.6 Å². The SMILES string of the molecule is Cc1cccc(-c2cc(O[C@@H]3C[C@H]4C(=O)N[C@]5(C(=O)NS(=O)(=O)C6CC6)C[C@H]5/C=C\CCCCCCC(=O)N4C3)n3nc4ccccc4c3n2)c1. The lowest BCUT2D eigenvalue weighted by Crippen LogP contribution is -2.56. The number of hydrogen-bond donors (Lipinski definition) is 2. The number of aryl methyl sites for hydroxylation is 1. The second kappa shape index (κ2) is 13.1. The molecule has 2 aliphatic heterocycles. The van der Waals surface area contributed by atoms with Crippen molar-refractivity contribution < 1.29 is 27.5 Å². The van der Waals surface area contributed by atoms with Gasteiger partial charge in [-0.15, -0.1) is 0 Å². The van der Waals surface area contributed by atoms with Gasteiger partial charge in [0, 0.05) is 35.8 Å². The van der Waals surface area contributed by atoms with E-state index in [0.717, 1.165) is 47.7 Å². The molecule has 4 aromatic rings. The highest BCUT2D eigenvalue weighted by Crippen LogP contribution is 2.46. The zero-order valence-electron chi connectivity index (χ0n) is 28.6. The molecule has 3 amide bonds. The number of amides is 3. The third-order valence-electron chi connectivity index (χ3n) is 10.6. The third-order valence-corrected chi connectivity index (χ3v) is 12.4. The molecular formula is C38H42N6O6S. The van der Waals surface area contributed by atoms with E-state index in [9.17, 15) is 22.8 Å². The Balaban J connectivity index is 1.11. The molecular weight excluding hydrogens is 669 g/mol. The van der Waals surface area contributed by atoms with Gasteiger partial charge in [-0.25, -0.2) is 13.4 Å². The maximum absolute atomic E-state index is 14.2. The summed E-state index contributed by atoms with van der Waals surface area (Å²) in [5.41, 5.74) is 2.69. The first kappa shape index (κ1) is 33.4. The van der Waals surface area contributed by atoms with Gasteiger partial charge in [0.2, 0.25) is 27.7 Å². The van der Waals surface area contributed by atoms with Crippen LogP contribution in [0.1, 0.15) is 69.8 Å². The molecule has 266 valence electrons. The first-order valence-corrected chi connectivity index (χ1v) is 19.5. The molecule has 12 nitrogen and oxygen atoms in total. The Hall–Kier alpha value is -4.78. The van der Waals surface area contributed by atoms with Gasteiger partial charge < -0.3 is 15.0 Å². The number of carbonyl (C=O) groups is 3. The van der Waals surface area contributed by atoms with Crippen molar-refractivity contribution in [3.05, 3.63) is 72.3 Å². The van der Waals surface area contributed by atoms with Crippen molar-refractivity contribution in [2.75, 3.05) is 6.54 Å². The van der Waals surface area contributed by atoms with Crippen LogP contribution < -0.4 is 14.8 Å². The molecule has 0 radical (unpaired) electrons. The highest BCUT2D eigenvalue weighted by atomic mass is 32.2. The minimum absolute atomic E-state index is 0.151. The number of allylic oxidation sites excluding steroid dienone is 1. The molecule has 2 aliphatic carbocycles. The van der Waals surface area contributed by atoms with Crippen LogP contribution in [0.25, 0.3) is 27.8 Å². The molecule has 4 atom stereocenters. The number of hydrogen-bond acceptors (Lipinski definition) is 8. The van der Waals surface area contributed by atoms with Crippen LogP contribution in [-0.2, 0) is 24.4 Å². The quantitative estimate of drug-likeness (QED) is 0.276. The zero-order valence-corrected chi connectivity index (χ0v) is 29.4. The Morgan fingerprint density at radius 3 is 2.69 bits per heavy atom. The molecule has 3 fully saturated rings. The Labute approximate surface area is 296 Å². The second-order valence-corrected chi connectivity index (χ2v) is 16.4. The summed E-state index contributed by atoms with van der Waals surface area (Å²) in [5, 5.41) is 8.01. The van der Waals surface area contributed by atoms with Crippen LogP contribution in [0.2, 0.25) is 0 Å². The van der Waals surface area contributed by atoms with Crippen LogP contribution in [0.4, 0.5) is 0 Å². The van der Waals surface area contributed by atoms with Crippen molar-refractivity contribution >= 4 is 44.3 Å². The highest BCUT2D eigenvalue weighted by Gasteiger charge is 2.62. The van der Waals surface area contributed by atoms with Crippen LogP contribution >= 0.6 is 0 Å². The van der Waals surface area contributed by atoms with Gasteiger partial charge in [-0.1, -0.05) is 60.9 Å². The van der Waals surface area contributed by atoms with E-state index >= 15 is 0 Å². The summed E-state index contributed by atoms with van der Waals surface area (Å²) in [4.78, 5) is 48.1. The molecule has 8 rings (SSSR count). The largest absolute Gasteiger partial charge is 0.472 e. The molecule has 2 aromatic carbocycles. The smallest absolute Gasteiger partial charge is 0.259 e. The number of aromatic nitrogens is 3. The van der Waals surface area contributed by atoms with Gasteiger partial charge in [0.25, 0.3) is 5.91 Å². The van der Waals surface area contributed by atoms with Crippen molar-refractivity contribution in [3.8, 4) is 17.1 Å². The lowest BCUT2D eigenvalue weighted by molar-refractivity contribution is -0.139. The number of carbonyl (C=O) groups excluding carboxylic acids is 3. The Morgan fingerprint density at radius 2 is 1.86 bits per heavy atom. The molecule has 13 heteroatoms. The third kappa shape index (κ3) is 6.59. The van der Waals surface area contributed by atoms with E-state index in [0.29, 0.717) is 42.9 Å². The standard InChI is InChI=1S/C38H42N6O6S/c1-24-11-10-12-25(19-24)31-21-34(44-35(39-31)29-14-8-9-15-30(29)41-44)50-27-20-32-36(46)40-38(37(47)42-51(48,49)28-17-18-28)22-26(38)13-6-4-2-3-5-7-16-33(45)43(32)23-27/h6,8-15,19,21,26-28,32H,2-5,7,16-18,20,22-23H2,1H3,(H,40,46)(H,42,47)/b13-6-/t26-,27-,32+,38-/m1/s1. The maximum Gasteiger partial charge on any atom is 0.259 e. The summed E-state index contributed by atoms with van der Waals surface area (Å²) in [5.74, 6) is -1.29. The summed E-state index contributed by atoms with van der Waals surface area (Å²) < 4.78 is 36.1. The number of nitrogens with zero attached hydrogens (tertiary/aromatic N) is 4. The van der Waals surface area contributed by atoms with Crippen LogP contribution in [0.15, 0.2) is 66.7 Å². The average molecular weight is 711 g/mol. The Morgan fingerprint density at radius 1 is 1.04 bits per heavy atom. The summed E-state index contributed by atoms with van der Waals surface area (Å²) in [7, 11) is -3.83. The number of rotatable bonds is 6. The summed E-state index contributed by atoms with van der Waals surface area (Å²) in [6.07, 6.45) is 9.44. The zero-order chi connectivity index (χ0) is 35.3. The molecule has 0 unspecified atom stereocenters. The lowest BCUT2D eigenvalue weighted by atomic mass is 10.1. The van der Waals surface area contributed by atoms with Crippen LogP contribution in [0.5, 0.6) is 5.88 Å². The fraction of sp³-hybridized carbons (Fsp3) is 0.447. The highest BCUT2D eigenvalue weighted by molar-refractivity contribution is 7.91. The van der Waals surface area contributed by atoms with E-state index in [-0.39, 0.29) is 31.2 Å². The molecule has 4 heterocycles. The molecule has 2 saturated carbocycles. The minimum Gasteiger partial charge on any atom is -0.472 e. The average Bonchev–Trinajstić information content (AvgIpc) is 4.01. The molecule has 1 saturated heterocycles. The first-order valence-electron chi connectivity index (χ1n) is 18.0. The summed E-state index contributed by atoms with van der Waals surface area (Å²) in [6.45, 7) is 2.19. The Kier molecular flexibility index (Phi) is 8.56. The van der Waals surface area contributed by atoms with Gasteiger partial charge in [-0.05, 0) is 63.6 Å². The number of benzene rings is 2. The van der Waals surface area contributed by atoms with Gasteiger partial charge in [-0.2, -0.15) is 9.61 Å². The van der Waals surface area contributed by atoms with Crippen molar-refractivity contribution in [2.24, 2.45) is 5.92 Å². The topological polar surface area (TPSA) is 152 Å². The van der Waals surface area contributed by atoms with E-state index in [1.165, 1.54) is 0 Å². The van der Waals surface area contributed by atoms with Crippen molar-refractivity contribution in [1.82, 2.24) is 29.5 Å². The van der Waals surface area contributed by atoms with Crippen molar-refractivity contribution in [2.45, 2.75) is 94.1 Å². The predicted octanol–water partition coefficient (Wildman–Crippen LogP) is 4.60. The molecule has 2 aromatic heterocycles. The lowest BCUT2D eigenvalue weighted by Gasteiger charge is -2.26. The van der Waals surface area contributed by atoms with E-state index in [4.69, 9.17) is 14.8 Å². The fourth-order valence-electron chi connectivity index (χ4n) is 7.48. The van der Waals surface area contributed by atoms with Gasteiger partial charge in [-0.3, -0.25) is 19.1 Å². The van der Waals surface area contributed by atoms with Gasteiger partial charge in [0.1, 0.15) is 17.7 Å². The number of ether oxygens (including phenoxy) is 1. The van der Waals surface area contributed by atoms with Gasteiger partial charge >= 0.3 is 0 Å². The number of fused-ring (bicyclic) bond motifs is 5. The fourth-order valence-corrected chi connectivity index (χ4v) is 8.85. The van der Waals surface area contributed by atoms with Crippen molar-refractivity contribution in [3.63, 3.8) is 0 Å². The number of sulfonamides is 1. The number of nitrogens with one attached hydrogen (secondary N) is 2. The van der Waals surface area contributed by atoms with Crippen molar-refractivity contribution in [1.29, 1.82) is 0 Å². The summed E-state index contributed by atoms with van der Waals surface area (Å²) in [6, 6.07) is 16.7. The van der Waals surface area contributed by atoms with Crippen LogP contribution in [-0.4, -0.2) is 75.1 Å². The predicted molar refractivity (Wildman–Crippen MR) is 191 cm³/mol. The molecule has 4 aliphatic rings. The first-order chi connectivity index (χ1) is 24.6. The van der Waals surface area contributed by atoms with E-state index in [2.05, 4.69) is 16.1 Å². The van der Waals surface area contributed by atoms with Crippen LogP contribution in [0, 0.1) is 12.8 Å². The molecule has 0 spiro atoms. The molecule has 2 N–H and O–H groups in total. The van der Waals surface area contributed by atoms with Crippen LogP contribution in [0.3, 0.4) is 0 Å². The monoisotopic (exact) mass is 710 g/mol. The normalized spacial score (nSPS) is 26.5. The van der Waals surface area contributed by atoms with Gasteiger partial charge in [0.15, 0.2) is 5.65 Å². The summed E-state index contributed by atoms with van der Waals surface area (Å²) >= 11 is 0. The maximum atomic E-state index is 14.2. The second-order valence-electron chi connectivity index (χ2n) is 14.5. The minimum atomic E-state index is -3.83. The van der Waals surface area contributed by atoms with Gasteiger partial charge in [0.05, 0.1) is 23.0 Å². The van der Waals surface area contributed by atoms with E-state index in [1.54, 1.807) is 9.42 Å².